The minimum atomic E-state index is -0.856. The Kier molecular flexibility index (Phi) is 5.17. The van der Waals surface area contributed by atoms with Gasteiger partial charge in [-0.05, 0) is 31.6 Å². The van der Waals surface area contributed by atoms with Crippen LogP contribution in [0.15, 0.2) is 22.6 Å². The van der Waals surface area contributed by atoms with Gasteiger partial charge < -0.3 is 14.8 Å². The summed E-state index contributed by atoms with van der Waals surface area (Å²) in [5, 5.41) is 11.3. The van der Waals surface area contributed by atoms with Crippen LogP contribution in [0.3, 0.4) is 0 Å². The number of aliphatic carboxylic acids is 1. The summed E-state index contributed by atoms with van der Waals surface area (Å²) >= 11 is 0. The quantitative estimate of drug-likeness (QED) is 0.756. The summed E-state index contributed by atoms with van der Waals surface area (Å²) < 4.78 is 5.26. The van der Waals surface area contributed by atoms with E-state index in [1.165, 1.54) is 6.08 Å². The summed E-state index contributed by atoms with van der Waals surface area (Å²) in [5.74, 6) is -0.179. The van der Waals surface area contributed by atoms with Crippen molar-refractivity contribution >= 4 is 18.0 Å². The van der Waals surface area contributed by atoms with E-state index in [2.05, 4.69) is 5.32 Å². The zero-order chi connectivity index (χ0) is 13.5. The third-order valence-electron chi connectivity index (χ3n) is 2.46. The van der Waals surface area contributed by atoms with E-state index in [0.717, 1.165) is 5.76 Å². The number of furan rings is 1. The van der Waals surface area contributed by atoms with Gasteiger partial charge >= 0.3 is 5.97 Å². The fourth-order valence-corrected chi connectivity index (χ4v) is 1.30. The Bertz CT molecular complexity index is 448. The van der Waals surface area contributed by atoms with Crippen LogP contribution in [0.2, 0.25) is 0 Å². The molecule has 5 nitrogen and oxygen atoms in total. The van der Waals surface area contributed by atoms with Gasteiger partial charge in [-0.2, -0.15) is 0 Å². The Morgan fingerprint density at radius 2 is 2.22 bits per heavy atom. The summed E-state index contributed by atoms with van der Waals surface area (Å²) in [7, 11) is 0. The van der Waals surface area contributed by atoms with Gasteiger partial charge in [0.2, 0.25) is 5.91 Å². The first-order chi connectivity index (χ1) is 8.49. The molecule has 2 N–H and O–H groups in total. The molecule has 0 aliphatic heterocycles. The second-order valence-corrected chi connectivity index (χ2v) is 4.10. The van der Waals surface area contributed by atoms with Crippen molar-refractivity contribution in [3.8, 4) is 0 Å². The van der Waals surface area contributed by atoms with Crippen molar-refractivity contribution in [1.82, 2.24) is 5.32 Å². The van der Waals surface area contributed by atoms with Gasteiger partial charge in [-0.15, -0.1) is 0 Å². The number of carbonyl (C=O) groups excluding carboxylic acids is 1. The van der Waals surface area contributed by atoms with Crippen molar-refractivity contribution in [3.05, 3.63) is 29.7 Å². The molecule has 0 aliphatic carbocycles. The number of amides is 1. The van der Waals surface area contributed by atoms with E-state index in [1.807, 2.05) is 13.0 Å². The maximum atomic E-state index is 11.4. The summed E-state index contributed by atoms with van der Waals surface area (Å²) in [6.07, 6.45) is 3.35. The molecule has 0 spiro atoms. The second kappa shape index (κ2) is 6.64. The topological polar surface area (TPSA) is 79.5 Å². The summed E-state index contributed by atoms with van der Waals surface area (Å²) in [6.45, 7) is 3.77. The van der Waals surface area contributed by atoms with Crippen LogP contribution in [0.5, 0.6) is 0 Å². The van der Waals surface area contributed by atoms with Gasteiger partial charge in [0.1, 0.15) is 11.5 Å². The standard InChI is InChI=1S/C13H17NO4/c1-9(13(16)17)7-8-14-12(15)6-5-11-4-3-10(2)18-11/h3-6,9H,7-8H2,1-2H3,(H,14,15)(H,16,17)/b6-5+. The lowest BCUT2D eigenvalue weighted by Crippen LogP contribution is -2.25. The van der Waals surface area contributed by atoms with Gasteiger partial charge in [-0.25, -0.2) is 0 Å². The van der Waals surface area contributed by atoms with Gasteiger partial charge in [-0.1, -0.05) is 6.92 Å². The van der Waals surface area contributed by atoms with Gasteiger partial charge in [0.05, 0.1) is 5.92 Å². The van der Waals surface area contributed by atoms with Crippen LogP contribution in [0.1, 0.15) is 24.9 Å². The molecule has 98 valence electrons. The largest absolute Gasteiger partial charge is 0.481 e. The van der Waals surface area contributed by atoms with E-state index in [4.69, 9.17) is 9.52 Å². The molecule has 1 aromatic heterocycles. The van der Waals surface area contributed by atoms with E-state index in [1.54, 1.807) is 19.1 Å². The first kappa shape index (κ1) is 14.0. The van der Waals surface area contributed by atoms with E-state index in [-0.39, 0.29) is 5.91 Å². The molecule has 0 fully saturated rings. The SMILES string of the molecule is Cc1ccc(/C=C/C(=O)NCCC(C)C(=O)O)o1. The maximum absolute atomic E-state index is 11.4. The molecule has 0 aromatic carbocycles. The van der Waals surface area contributed by atoms with Crippen molar-refractivity contribution in [2.24, 2.45) is 5.92 Å². The number of rotatable bonds is 6. The van der Waals surface area contributed by atoms with Gasteiger partial charge in [-0.3, -0.25) is 9.59 Å². The first-order valence-corrected chi connectivity index (χ1v) is 5.74. The Morgan fingerprint density at radius 1 is 1.50 bits per heavy atom. The molecule has 0 saturated carbocycles. The highest BCUT2D eigenvalue weighted by atomic mass is 16.4. The molecule has 0 radical (unpaired) electrons. The lowest BCUT2D eigenvalue weighted by molar-refractivity contribution is -0.141. The Hall–Kier alpha value is -2.04. The molecular weight excluding hydrogens is 234 g/mol. The summed E-state index contributed by atoms with van der Waals surface area (Å²) in [4.78, 5) is 21.9. The first-order valence-electron chi connectivity index (χ1n) is 5.74. The lowest BCUT2D eigenvalue weighted by Gasteiger charge is -2.05. The molecule has 1 amide bonds. The zero-order valence-corrected chi connectivity index (χ0v) is 10.5. The average molecular weight is 251 g/mol. The molecular formula is C13H17NO4. The van der Waals surface area contributed by atoms with Gasteiger partial charge in [0, 0.05) is 12.6 Å². The predicted molar refractivity (Wildman–Crippen MR) is 66.9 cm³/mol. The molecule has 1 heterocycles. The van der Waals surface area contributed by atoms with E-state index >= 15 is 0 Å². The van der Waals surface area contributed by atoms with Gasteiger partial charge in [0.15, 0.2) is 0 Å². The van der Waals surface area contributed by atoms with Gasteiger partial charge in [0.25, 0.3) is 0 Å². The van der Waals surface area contributed by atoms with Crippen LogP contribution in [0, 0.1) is 12.8 Å². The maximum Gasteiger partial charge on any atom is 0.306 e. The fraction of sp³-hybridized carbons (Fsp3) is 0.385. The van der Waals surface area contributed by atoms with E-state index in [9.17, 15) is 9.59 Å². The smallest absolute Gasteiger partial charge is 0.306 e. The van der Waals surface area contributed by atoms with Crippen LogP contribution in [-0.4, -0.2) is 23.5 Å². The highest BCUT2D eigenvalue weighted by Crippen LogP contribution is 2.07. The molecule has 0 aliphatic rings. The molecule has 1 aromatic rings. The van der Waals surface area contributed by atoms with Crippen LogP contribution >= 0.6 is 0 Å². The summed E-state index contributed by atoms with van der Waals surface area (Å²) in [6, 6.07) is 3.58. The Balaban J connectivity index is 2.30. The molecule has 0 bridgehead atoms. The number of hydrogen-bond donors (Lipinski definition) is 2. The number of carboxylic acid groups (broad SMARTS) is 1. The summed E-state index contributed by atoms with van der Waals surface area (Å²) in [5.41, 5.74) is 0. The fourth-order valence-electron chi connectivity index (χ4n) is 1.30. The predicted octanol–water partition coefficient (Wildman–Crippen LogP) is 1.83. The minimum absolute atomic E-state index is 0.262. The minimum Gasteiger partial charge on any atom is -0.481 e. The highest BCUT2D eigenvalue weighted by Gasteiger charge is 2.10. The normalized spacial score (nSPS) is 12.6. The van der Waals surface area contributed by atoms with Crippen molar-refractivity contribution in [2.45, 2.75) is 20.3 Å². The van der Waals surface area contributed by atoms with Crippen LogP contribution in [-0.2, 0) is 9.59 Å². The number of hydrogen-bond acceptors (Lipinski definition) is 3. The average Bonchev–Trinajstić information content (AvgIpc) is 2.72. The van der Waals surface area contributed by atoms with Crippen molar-refractivity contribution in [3.63, 3.8) is 0 Å². The number of nitrogens with one attached hydrogen (secondary N) is 1. The highest BCUT2D eigenvalue weighted by molar-refractivity contribution is 5.91. The number of aryl methyl sites for hydroxylation is 1. The van der Waals surface area contributed by atoms with Crippen molar-refractivity contribution in [1.29, 1.82) is 0 Å². The molecule has 1 atom stereocenters. The number of carbonyl (C=O) groups is 2. The molecule has 5 heteroatoms. The third-order valence-corrected chi connectivity index (χ3v) is 2.46. The van der Waals surface area contributed by atoms with E-state index in [0.29, 0.717) is 18.7 Å². The molecule has 0 saturated heterocycles. The van der Waals surface area contributed by atoms with E-state index < -0.39 is 11.9 Å². The molecule has 1 unspecified atom stereocenters. The molecule has 18 heavy (non-hydrogen) atoms. The van der Waals surface area contributed by atoms with Crippen LogP contribution < -0.4 is 5.32 Å². The van der Waals surface area contributed by atoms with Crippen LogP contribution in [0.25, 0.3) is 6.08 Å². The van der Waals surface area contributed by atoms with Crippen molar-refractivity contribution in [2.75, 3.05) is 6.54 Å². The van der Waals surface area contributed by atoms with Crippen LogP contribution in [0.4, 0.5) is 0 Å². The Morgan fingerprint density at radius 3 is 2.78 bits per heavy atom. The number of carboxylic acids is 1. The second-order valence-electron chi connectivity index (χ2n) is 4.10. The molecule has 1 rings (SSSR count). The Labute approximate surface area is 105 Å². The third kappa shape index (κ3) is 4.86. The van der Waals surface area contributed by atoms with Crippen molar-refractivity contribution < 1.29 is 19.1 Å². The zero-order valence-electron chi connectivity index (χ0n) is 10.5. The monoisotopic (exact) mass is 251 g/mol. The lowest BCUT2D eigenvalue weighted by atomic mass is 10.1.